The molecule has 1 aromatic carbocycles. The number of likely N-dealkylation sites (tertiary alicyclic amines) is 2. The molecule has 4 nitrogen and oxygen atoms in total. The molecule has 0 aliphatic carbocycles. The first-order chi connectivity index (χ1) is 12.3. The third-order valence-corrected chi connectivity index (χ3v) is 5.93. The molecule has 3 heterocycles. The maximum atomic E-state index is 4.35. The molecule has 0 N–H and O–H groups in total. The topological polar surface area (TPSA) is 24.3 Å². The molecule has 1 unspecified atom stereocenters. The van der Waals surface area contributed by atoms with E-state index in [-0.39, 0.29) is 0 Å². The average Bonchev–Trinajstić information content (AvgIpc) is 3.15. The molecule has 4 rings (SSSR count). The van der Waals surface area contributed by atoms with Gasteiger partial charge in [0.15, 0.2) is 0 Å². The molecule has 2 aliphatic rings. The van der Waals surface area contributed by atoms with Crippen LogP contribution in [0, 0.1) is 5.41 Å². The highest BCUT2D eigenvalue weighted by atomic mass is 15.3. The monoisotopic (exact) mass is 338 g/mol. The van der Waals surface area contributed by atoms with Gasteiger partial charge in [-0.05, 0) is 55.8 Å². The molecule has 2 saturated heterocycles. The summed E-state index contributed by atoms with van der Waals surface area (Å²) in [6.07, 6.45) is 9.44. The van der Waals surface area contributed by atoms with Gasteiger partial charge in [0, 0.05) is 38.6 Å². The van der Waals surface area contributed by atoms with Gasteiger partial charge in [-0.2, -0.15) is 5.10 Å². The van der Waals surface area contributed by atoms with Crippen molar-refractivity contribution < 1.29 is 0 Å². The van der Waals surface area contributed by atoms with E-state index in [9.17, 15) is 0 Å². The summed E-state index contributed by atoms with van der Waals surface area (Å²) >= 11 is 0. The van der Waals surface area contributed by atoms with E-state index in [0.717, 1.165) is 19.6 Å². The number of aromatic nitrogens is 2. The first-order valence-corrected chi connectivity index (χ1v) is 9.78. The number of nitrogens with zero attached hydrogens (tertiary/aromatic N) is 4. The van der Waals surface area contributed by atoms with Crippen molar-refractivity contribution in [2.45, 2.75) is 38.8 Å². The third-order valence-electron chi connectivity index (χ3n) is 5.93. The van der Waals surface area contributed by atoms with Gasteiger partial charge < -0.3 is 4.90 Å². The van der Waals surface area contributed by atoms with Crippen molar-refractivity contribution in [1.82, 2.24) is 19.6 Å². The van der Waals surface area contributed by atoms with E-state index in [1.807, 2.05) is 12.3 Å². The normalized spacial score (nSPS) is 25.4. The van der Waals surface area contributed by atoms with Crippen LogP contribution in [-0.4, -0.2) is 52.3 Å². The van der Waals surface area contributed by atoms with Gasteiger partial charge >= 0.3 is 0 Å². The van der Waals surface area contributed by atoms with Crippen LogP contribution in [0.5, 0.6) is 0 Å². The molecule has 1 spiro atoms. The van der Waals surface area contributed by atoms with E-state index >= 15 is 0 Å². The highest BCUT2D eigenvalue weighted by Gasteiger charge is 2.38. The Morgan fingerprint density at radius 1 is 0.880 bits per heavy atom. The Morgan fingerprint density at radius 3 is 2.40 bits per heavy atom. The fourth-order valence-corrected chi connectivity index (χ4v) is 4.80. The van der Waals surface area contributed by atoms with Gasteiger partial charge in [-0.15, -0.1) is 0 Å². The van der Waals surface area contributed by atoms with Crippen LogP contribution in [0.15, 0.2) is 48.8 Å². The average molecular weight is 338 g/mol. The van der Waals surface area contributed by atoms with Gasteiger partial charge in [-0.1, -0.05) is 30.3 Å². The number of hydrogen-bond acceptors (Lipinski definition) is 3. The fraction of sp³-hybridized carbons (Fsp3) is 0.571. The largest absolute Gasteiger partial charge is 0.301 e. The number of rotatable bonds is 5. The summed E-state index contributed by atoms with van der Waals surface area (Å²) in [6.45, 7) is 8.28. The van der Waals surface area contributed by atoms with Crippen molar-refractivity contribution in [3.05, 3.63) is 54.4 Å². The van der Waals surface area contributed by atoms with Gasteiger partial charge in [-0.3, -0.25) is 9.58 Å². The first-order valence-electron chi connectivity index (χ1n) is 9.78. The summed E-state index contributed by atoms with van der Waals surface area (Å²) in [5.74, 6) is 0. The van der Waals surface area contributed by atoms with Crippen molar-refractivity contribution in [2.75, 3.05) is 32.7 Å². The Labute approximate surface area is 151 Å². The standard InChI is InChI=1S/C21H30N4/c1-2-7-20(8-3-1)17-24-13-5-10-21(19-24)9-4-12-23(18-21)15-16-25-14-6-11-22-25/h1-3,6-8,11,14H,4-5,9-10,12-13,15-19H2. The second-order valence-electron chi connectivity index (χ2n) is 7.95. The van der Waals surface area contributed by atoms with Gasteiger partial charge in [0.25, 0.3) is 0 Å². The Morgan fingerprint density at radius 2 is 1.64 bits per heavy atom. The van der Waals surface area contributed by atoms with E-state index in [1.54, 1.807) is 0 Å². The maximum absolute atomic E-state index is 4.35. The lowest BCUT2D eigenvalue weighted by Gasteiger charge is -2.48. The second-order valence-corrected chi connectivity index (χ2v) is 7.95. The summed E-state index contributed by atoms with van der Waals surface area (Å²) in [5.41, 5.74) is 1.96. The van der Waals surface area contributed by atoms with Crippen molar-refractivity contribution >= 4 is 0 Å². The van der Waals surface area contributed by atoms with E-state index in [0.29, 0.717) is 5.41 Å². The number of benzene rings is 1. The molecule has 2 fully saturated rings. The molecule has 25 heavy (non-hydrogen) atoms. The molecule has 0 saturated carbocycles. The Balaban J connectivity index is 1.35. The molecule has 134 valence electrons. The predicted octanol–water partition coefficient (Wildman–Crippen LogP) is 3.26. The van der Waals surface area contributed by atoms with Gasteiger partial charge in [0.1, 0.15) is 0 Å². The van der Waals surface area contributed by atoms with Crippen LogP contribution in [0.1, 0.15) is 31.2 Å². The summed E-state index contributed by atoms with van der Waals surface area (Å²) < 4.78 is 2.06. The van der Waals surface area contributed by atoms with Crippen molar-refractivity contribution in [3.63, 3.8) is 0 Å². The Bertz CT molecular complexity index is 635. The quantitative estimate of drug-likeness (QED) is 0.836. The molecule has 1 atom stereocenters. The van der Waals surface area contributed by atoms with Crippen molar-refractivity contribution in [3.8, 4) is 0 Å². The van der Waals surface area contributed by atoms with Crippen LogP contribution in [0.25, 0.3) is 0 Å². The van der Waals surface area contributed by atoms with E-state index in [2.05, 4.69) is 56.1 Å². The minimum Gasteiger partial charge on any atom is -0.301 e. The van der Waals surface area contributed by atoms with Crippen molar-refractivity contribution in [1.29, 1.82) is 0 Å². The second kappa shape index (κ2) is 7.71. The van der Waals surface area contributed by atoms with Crippen LogP contribution in [0.4, 0.5) is 0 Å². The molecular formula is C21H30N4. The number of hydrogen-bond donors (Lipinski definition) is 0. The zero-order chi connectivity index (χ0) is 17.0. The SMILES string of the molecule is c1ccc(CN2CCCC3(CCCN(CCn4cccn4)C3)C2)cc1. The summed E-state index contributed by atoms with van der Waals surface area (Å²) in [6, 6.07) is 13.0. The molecule has 0 bridgehead atoms. The number of piperidine rings is 2. The first kappa shape index (κ1) is 16.8. The summed E-state index contributed by atoms with van der Waals surface area (Å²) in [5, 5.41) is 4.35. The van der Waals surface area contributed by atoms with Gasteiger partial charge in [0.05, 0.1) is 6.54 Å². The third kappa shape index (κ3) is 4.31. The lowest BCUT2D eigenvalue weighted by Crippen LogP contribution is -2.52. The molecular weight excluding hydrogens is 308 g/mol. The predicted molar refractivity (Wildman–Crippen MR) is 101 cm³/mol. The lowest BCUT2D eigenvalue weighted by molar-refractivity contribution is 0.00932. The molecule has 2 aromatic rings. The Kier molecular flexibility index (Phi) is 5.18. The fourth-order valence-electron chi connectivity index (χ4n) is 4.80. The van der Waals surface area contributed by atoms with Crippen LogP contribution >= 0.6 is 0 Å². The zero-order valence-corrected chi connectivity index (χ0v) is 15.2. The zero-order valence-electron chi connectivity index (χ0n) is 15.2. The van der Waals surface area contributed by atoms with Gasteiger partial charge in [-0.25, -0.2) is 0 Å². The minimum absolute atomic E-state index is 0.509. The summed E-state index contributed by atoms with van der Waals surface area (Å²) in [7, 11) is 0. The molecule has 2 aliphatic heterocycles. The van der Waals surface area contributed by atoms with E-state index in [1.165, 1.54) is 57.4 Å². The smallest absolute Gasteiger partial charge is 0.0536 e. The van der Waals surface area contributed by atoms with Crippen LogP contribution in [-0.2, 0) is 13.1 Å². The van der Waals surface area contributed by atoms with E-state index < -0.39 is 0 Å². The summed E-state index contributed by atoms with van der Waals surface area (Å²) in [4.78, 5) is 5.37. The van der Waals surface area contributed by atoms with Crippen molar-refractivity contribution in [2.24, 2.45) is 5.41 Å². The van der Waals surface area contributed by atoms with Crippen LogP contribution in [0.2, 0.25) is 0 Å². The van der Waals surface area contributed by atoms with Gasteiger partial charge in [0.2, 0.25) is 0 Å². The van der Waals surface area contributed by atoms with Crippen LogP contribution < -0.4 is 0 Å². The lowest BCUT2D eigenvalue weighted by atomic mass is 9.73. The molecule has 4 heteroatoms. The molecule has 1 aromatic heterocycles. The highest BCUT2D eigenvalue weighted by molar-refractivity contribution is 5.14. The van der Waals surface area contributed by atoms with Crippen LogP contribution in [0.3, 0.4) is 0 Å². The minimum atomic E-state index is 0.509. The molecule has 0 radical (unpaired) electrons. The Hall–Kier alpha value is -1.65. The van der Waals surface area contributed by atoms with E-state index in [4.69, 9.17) is 0 Å². The highest BCUT2D eigenvalue weighted by Crippen LogP contribution is 2.38. The maximum Gasteiger partial charge on any atom is 0.0536 e. The molecule has 0 amide bonds.